The Morgan fingerprint density at radius 1 is 1.21 bits per heavy atom. The van der Waals surface area contributed by atoms with Crippen molar-refractivity contribution in [2.45, 2.75) is 19.9 Å². The van der Waals surface area contributed by atoms with Gasteiger partial charge in [-0.05, 0) is 30.2 Å². The van der Waals surface area contributed by atoms with Gasteiger partial charge in [-0.1, -0.05) is 48.0 Å². The van der Waals surface area contributed by atoms with Crippen LogP contribution in [0.25, 0.3) is 0 Å². The molecule has 1 N–H and O–H groups in total. The lowest BCUT2D eigenvalue weighted by molar-refractivity contribution is -0.126. The zero-order valence-corrected chi connectivity index (χ0v) is 14.2. The lowest BCUT2D eigenvalue weighted by atomic mass is 10.1. The molecule has 5 heteroatoms. The van der Waals surface area contributed by atoms with Gasteiger partial charge in [0.15, 0.2) is 0 Å². The Morgan fingerprint density at radius 2 is 1.92 bits per heavy atom. The highest BCUT2D eigenvalue weighted by molar-refractivity contribution is 6.31. The Hall–Kier alpha value is -2.33. The molecule has 1 aliphatic rings. The van der Waals surface area contributed by atoms with E-state index >= 15 is 0 Å². The fourth-order valence-electron chi connectivity index (χ4n) is 2.95. The van der Waals surface area contributed by atoms with Crippen LogP contribution in [-0.4, -0.2) is 18.4 Å². The number of aryl methyl sites for hydroxylation is 1. The van der Waals surface area contributed by atoms with Crippen LogP contribution < -0.4 is 10.2 Å². The zero-order valence-electron chi connectivity index (χ0n) is 13.5. The van der Waals surface area contributed by atoms with Gasteiger partial charge in [-0.15, -0.1) is 0 Å². The predicted octanol–water partition coefficient (Wildman–Crippen LogP) is 3.32. The number of rotatable bonds is 4. The smallest absolute Gasteiger partial charge is 0.227 e. The molecule has 3 rings (SSSR count). The topological polar surface area (TPSA) is 49.4 Å². The molecule has 0 bridgehead atoms. The van der Waals surface area contributed by atoms with Crippen LogP contribution in [0.3, 0.4) is 0 Å². The summed E-state index contributed by atoms with van der Waals surface area (Å²) in [6.07, 6.45) is 0.239. The highest BCUT2D eigenvalue weighted by Gasteiger charge is 2.35. The maximum absolute atomic E-state index is 12.4. The van der Waals surface area contributed by atoms with Gasteiger partial charge < -0.3 is 10.2 Å². The molecule has 1 saturated heterocycles. The molecule has 0 aromatic heterocycles. The van der Waals surface area contributed by atoms with E-state index in [0.717, 1.165) is 16.8 Å². The molecule has 0 aliphatic carbocycles. The number of anilines is 1. The number of carbonyl (C=O) groups excluding carboxylic acids is 2. The number of nitrogens with one attached hydrogen (secondary N) is 1. The largest absolute Gasteiger partial charge is 0.352 e. The Bertz CT molecular complexity index is 775. The van der Waals surface area contributed by atoms with Crippen molar-refractivity contribution in [3.8, 4) is 0 Å². The van der Waals surface area contributed by atoms with Crippen molar-refractivity contribution in [1.82, 2.24) is 5.32 Å². The third kappa shape index (κ3) is 3.44. The molecule has 0 unspecified atom stereocenters. The number of nitrogens with zero attached hydrogens (tertiary/aromatic N) is 1. The second-order valence-corrected chi connectivity index (χ2v) is 6.41. The van der Waals surface area contributed by atoms with Crippen molar-refractivity contribution in [1.29, 1.82) is 0 Å². The second-order valence-electron chi connectivity index (χ2n) is 6.00. The molecule has 0 radical (unpaired) electrons. The minimum absolute atomic E-state index is 0.0119. The average molecular weight is 343 g/mol. The maximum Gasteiger partial charge on any atom is 0.227 e. The average Bonchev–Trinajstić information content (AvgIpc) is 2.96. The zero-order chi connectivity index (χ0) is 17.1. The standard InChI is InChI=1S/C19H19ClN2O2/c1-13-6-2-5-9-17(13)22-12-15(10-18(22)23)19(24)21-11-14-7-3-4-8-16(14)20/h2-9,15H,10-12H2,1H3,(H,21,24)/t15-/m0/s1. The summed E-state index contributed by atoms with van der Waals surface area (Å²) in [5, 5.41) is 3.51. The van der Waals surface area contributed by atoms with Crippen molar-refractivity contribution in [3.63, 3.8) is 0 Å². The van der Waals surface area contributed by atoms with Crippen LogP contribution in [0.5, 0.6) is 0 Å². The predicted molar refractivity (Wildman–Crippen MR) is 94.9 cm³/mol. The highest BCUT2D eigenvalue weighted by atomic mass is 35.5. The summed E-state index contributed by atoms with van der Waals surface area (Å²) in [6, 6.07) is 15.1. The molecule has 1 aliphatic heterocycles. The van der Waals surface area contributed by atoms with E-state index < -0.39 is 0 Å². The first-order valence-electron chi connectivity index (χ1n) is 7.93. The number of hydrogen-bond acceptors (Lipinski definition) is 2. The van der Waals surface area contributed by atoms with E-state index in [9.17, 15) is 9.59 Å². The van der Waals surface area contributed by atoms with Crippen molar-refractivity contribution >= 4 is 29.1 Å². The summed E-state index contributed by atoms with van der Waals surface area (Å²) in [6.45, 7) is 2.75. The van der Waals surface area contributed by atoms with Gasteiger partial charge >= 0.3 is 0 Å². The van der Waals surface area contributed by atoms with Crippen LogP contribution in [-0.2, 0) is 16.1 Å². The number of benzene rings is 2. The van der Waals surface area contributed by atoms with E-state index in [1.54, 1.807) is 11.0 Å². The first-order valence-corrected chi connectivity index (χ1v) is 8.31. The molecule has 0 saturated carbocycles. The molecule has 1 heterocycles. The molecule has 24 heavy (non-hydrogen) atoms. The first kappa shape index (κ1) is 16.5. The summed E-state index contributed by atoms with van der Waals surface area (Å²) in [5.41, 5.74) is 2.78. The van der Waals surface area contributed by atoms with Crippen LogP contribution in [0.4, 0.5) is 5.69 Å². The Morgan fingerprint density at radius 3 is 2.67 bits per heavy atom. The normalized spacial score (nSPS) is 17.2. The molecule has 1 atom stereocenters. The number of amides is 2. The third-order valence-corrected chi connectivity index (χ3v) is 4.68. The van der Waals surface area contributed by atoms with Gasteiger partial charge in [-0.2, -0.15) is 0 Å². The van der Waals surface area contributed by atoms with Gasteiger partial charge in [-0.25, -0.2) is 0 Å². The minimum Gasteiger partial charge on any atom is -0.352 e. The molecule has 0 spiro atoms. The lowest BCUT2D eigenvalue weighted by Gasteiger charge is -2.19. The third-order valence-electron chi connectivity index (χ3n) is 4.31. The van der Waals surface area contributed by atoms with Crippen LogP contribution >= 0.6 is 11.6 Å². The van der Waals surface area contributed by atoms with E-state index in [4.69, 9.17) is 11.6 Å². The quantitative estimate of drug-likeness (QED) is 0.926. The molecule has 2 amide bonds. The molecule has 124 valence electrons. The number of hydrogen-bond donors (Lipinski definition) is 1. The maximum atomic E-state index is 12.4. The molecule has 2 aromatic carbocycles. The Balaban J connectivity index is 1.64. The molecule has 4 nitrogen and oxygen atoms in total. The van der Waals surface area contributed by atoms with Crippen LogP contribution in [0, 0.1) is 12.8 Å². The van der Waals surface area contributed by atoms with E-state index in [1.807, 2.05) is 49.4 Å². The van der Waals surface area contributed by atoms with Gasteiger partial charge in [0.05, 0.1) is 5.92 Å². The second kappa shape index (κ2) is 7.05. The van der Waals surface area contributed by atoms with Gasteiger partial charge in [0.25, 0.3) is 0 Å². The van der Waals surface area contributed by atoms with Gasteiger partial charge in [0.2, 0.25) is 11.8 Å². The van der Waals surface area contributed by atoms with E-state index in [0.29, 0.717) is 18.1 Å². The fourth-order valence-corrected chi connectivity index (χ4v) is 3.15. The summed E-state index contributed by atoms with van der Waals surface area (Å²) in [5.74, 6) is -0.457. The SMILES string of the molecule is Cc1ccccc1N1C[C@@H](C(=O)NCc2ccccc2Cl)CC1=O. The first-order chi connectivity index (χ1) is 11.6. The summed E-state index contributed by atoms with van der Waals surface area (Å²) in [7, 11) is 0. The van der Waals surface area contributed by atoms with Gasteiger partial charge in [0.1, 0.15) is 0 Å². The minimum atomic E-state index is -0.334. The van der Waals surface area contributed by atoms with Crippen molar-refractivity contribution in [2.75, 3.05) is 11.4 Å². The van der Waals surface area contributed by atoms with Gasteiger partial charge in [0, 0.05) is 30.2 Å². The van der Waals surface area contributed by atoms with E-state index in [2.05, 4.69) is 5.32 Å². The van der Waals surface area contributed by atoms with E-state index in [1.165, 1.54) is 0 Å². The molecule has 2 aromatic rings. The number of halogens is 1. The lowest BCUT2D eigenvalue weighted by Crippen LogP contribution is -2.32. The Kier molecular flexibility index (Phi) is 4.86. The number of carbonyl (C=O) groups is 2. The van der Waals surface area contributed by atoms with Crippen LogP contribution in [0.15, 0.2) is 48.5 Å². The van der Waals surface area contributed by atoms with Crippen molar-refractivity contribution in [2.24, 2.45) is 5.92 Å². The molecular weight excluding hydrogens is 324 g/mol. The van der Waals surface area contributed by atoms with Crippen molar-refractivity contribution in [3.05, 3.63) is 64.7 Å². The molecular formula is C19H19ClN2O2. The summed E-state index contributed by atoms with van der Waals surface area (Å²) >= 11 is 6.10. The number of para-hydroxylation sites is 1. The van der Waals surface area contributed by atoms with Crippen molar-refractivity contribution < 1.29 is 9.59 Å². The highest BCUT2D eigenvalue weighted by Crippen LogP contribution is 2.27. The monoisotopic (exact) mass is 342 g/mol. The molecule has 1 fully saturated rings. The summed E-state index contributed by atoms with van der Waals surface area (Å²) < 4.78 is 0. The van der Waals surface area contributed by atoms with Gasteiger partial charge in [-0.3, -0.25) is 9.59 Å². The van der Waals surface area contributed by atoms with Crippen LogP contribution in [0.1, 0.15) is 17.5 Å². The summed E-state index contributed by atoms with van der Waals surface area (Å²) in [4.78, 5) is 26.4. The Labute approximate surface area is 146 Å². The van der Waals surface area contributed by atoms with Crippen LogP contribution in [0.2, 0.25) is 5.02 Å². The fraction of sp³-hybridized carbons (Fsp3) is 0.263. The van der Waals surface area contributed by atoms with E-state index in [-0.39, 0.29) is 24.2 Å².